The van der Waals surface area contributed by atoms with Crippen molar-refractivity contribution in [2.45, 2.75) is 20.0 Å². The van der Waals surface area contributed by atoms with Gasteiger partial charge in [-0.05, 0) is 13.0 Å². The first-order valence-corrected chi connectivity index (χ1v) is 6.37. The molecule has 1 aromatic carbocycles. The Hall–Kier alpha value is -1.26. The summed E-state index contributed by atoms with van der Waals surface area (Å²) in [6.07, 6.45) is 0. The van der Waals surface area contributed by atoms with Gasteiger partial charge in [-0.3, -0.25) is 0 Å². The lowest BCUT2D eigenvalue weighted by Crippen LogP contribution is -2.00. The van der Waals surface area contributed by atoms with Crippen LogP contribution in [0, 0.1) is 6.92 Å². The summed E-state index contributed by atoms with van der Waals surface area (Å²) in [5.74, 6) is 0.803. The highest BCUT2D eigenvalue weighted by Gasteiger charge is 2.17. The molecule has 0 fully saturated rings. The number of aromatic nitrogens is 2. The molecule has 2 heterocycles. The lowest BCUT2D eigenvalue weighted by molar-refractivity contribution is 0.757. The van der Waals surface area contributed by atoms with E-state index in [0.29, 0.717) is 0 Å². The number of hydrogen-bond acceptors (Lipinski definition) is 3. The number of halogens is 1. The van der Waals surface area contributed by atoms with Crippen LogP contribution in [0.2, 0.25) is 0 Å². The second-order valence-electron chi connectivity index (χ2n) is 4.14. The van der Waals surface area contributed by atoms with Crippen molar-refractivity contribution in [3.63, 3.8) is 0 Å². The van der Waals surface area contributed by atoms with Crippen LogP contribution in [0.3, 0.4) is 0 Å². The zero-order chi connectivity index (χ0) is 11.8. The first-order valence-electron chi connectivity index (χ1n) is 5.57. The molecule has 1 N–H and O–H groups in total. The maximum atomic E-state index is 4.64. The molecule has 0 aliphatic carbocycles. The van der Waals surface area contributed by atoms with E-state index in [1.54, 1.807) is 0 Å². The topological polar surface area (TPSA) is 37.8 Å². The van der Waals surface area contributed by atoms with Gasteiger partial charge < -0.3 is 5.32 Å². The molecule has 0 unspecified atom stereocenters. The Morgan fingerprint density at radius 2 is 2.00 bits per heavy atom. The molecule has 1 aromatic heterocycles. The van der Waals surface area contributed by atoms with Crippen molar-refractivity contribution in [3.8, 4) is 11.4 Å². The summed E-state index contributed by atoms with van der Waals surface area (Å²) in [5.41, 5.74) is 4.50. The molecule has 0 atom stereocenters. The van der Waals surface area contributed by atoms with E-state index in [0.717, 1.165) is 40.3 Å². The van der Waals surface area contributed by atoms with Crippen LogP contribution in [0.25, 0.3) is 11.4 Å². The van der Waals surface area contributed by atoms with E-state index in [1.807, 2.05) is 31.2 Å². The molecule has 3 nitrogen and oxygen atoms in total. The van der Waals surface area contributed by atoms with Gasteiger partial charge in [-0.2, -0.15) is 0 Å². The number of rotatable bonds is 1. The Kier molecular flexibility index (Phi) is 2.68. The van der Waals surface area contributed by atoms with Crippen LogP contribution in [0.1, 0.15) is 17.0 Å². The number of nitrogens with zero attached hydrogens (tertiary/aromatic N) is 2. The molecule has 0 saturated heterocycles. The van der Waals surface area contributed by atoms with Crippen molar-refractivity contribution in [2.24, 2.45) is 0 Å². The lowest BCUT2D eigenvalue weighted by atomic mass is 10.1. The molecule has 1 aliphatic rings. The van der Waals surface area contributed by atoms with Gasteiger partial charge in [0.25, 0.3) is 0 Å². The molecular formula is C13H12BrN3. The van der Waals surface area contributed by atoms with Crippen LogP contribution in [-0.2, 0) is 13.1 Å². The van der Waals surface area contributed by atoms with Gasteiger partial charge in [0.15, 0.2) is 5.82 Å². The van der Waals surface area contributed by atoms with E-state index >= 15 is 0 Å². The molecule has 3 rings (SSSR count). The van der Waals surface area contributed by atoms with E-state index in [-0.39, 0.29) is 0 Å². The maximum absolute atomic E-state index is 4.64. The normalized spacial score (nSPS) is 13.8. The molecule has 0 spiro atoms. The van der Waals surface area contributed by atoms with Gasteiger partial charge in [0.05, 0.1) is 5.69 Å². The second kappa shape index (κ2) is 4.20. The van der Waals surface area contributed by atoms with Gasteiger partial charge in [-0.1, -0.05) is 34.1 Å². The highest BCUT2D eigenvalue weighted by Crippen LogP contribution is 2.27. The van der Waals surface area contributed by atoms with Crippen molar-refractivity contribution >= 4 is 15.9 Å². The summed E-state index contributed by atoms with van der Waals surface area (Å²) >= 11 is 3.54. The van der Waals surface area contributed by atoms with Crippen LogP contribution in [-0.4, -0.2) is 9.97 Å². The fraction of sp³-hybridized carbons (Fsp3) is 0.231. The summed E-state index contributed by atoms with van der Waals surface area (Å²) in [6.45, 7) is 3.78. The van der Waals surface area contributed by atoms with Crippen molar-refractivity contribution in [1.29, 1.82) is 0 Å². The summed E-state index contributed by atoms with van der Waals surface area (Å²) in [4.78, 5) is 9.24. The number of hydrogen-bond donors (Lipinski definition) is 1. The van der Waals surface area contributed by atoms with Gasteiger partial charge in [0, 0.05) is 34.4 Å². The first kappa shape index (κ1) is 10.9. The van der Waals surface area contributed by atoms with E-state index in [1.165, 1.54) is 5.56 Å². The molecule has 1 aliphatic heterocycles. The Balaban J connectivity index is 2.17. The molecular weight excluding hydrogens is 278 g/mol. The van der Waals surface area contributed by atoms with E-state index in [2.05, 4.69) is 31.2 Å². The van der Waals surface area contributed by atoms with Gasteiger partial charge in [-0.15, -0.1) is 0 Å². The predicted octanol–water partition coefficient (Wildman–Crippen LogP) is 2.82. The molecule has 0 saturated carbocycles. The van der Waals surface area contributed by atoms with Crippen molar-refractivity contribution < 1.29 is 0 Å². The Morgan fingerprint density at radius 1 is 1.18 bits per heavy atom. The quantitative estimate of drug-likeness (QED) is 0.877. The highest BCUT2D eigenvalue weighted by molar-refractivity contribution is 9.10. The minimum absolute atomic E-state index is 0.803. The molecule has 17 heavy (non-hydrogen) atoms. The van der Waals surface area contributed by atoms with E-state index in [9.17, 15) is 0 Å². The molecule has 2 aromatic rings. The monoisotopic (exact) mass is 289 g/mol. The van der Waals surface area contributed by atoms with Crippen molar-refractivity contribution in [2.75, 3.05) is 0 Å². The maximum Gasteiger partial charge on any atom is 0.160 e. The van der Waals surface area contributed by atoms with Crippen LogP contribution in [0.15, 0.2) is 28.7 Å². The minimum atomic E-state index is 0.803. The van der Waals surface area contributed by atoms with Crippen molar-refractivity contribution in [3.05, 3.63) is 45.7 Å². The Morgan fingerprint density at radius 3 is 2.82 bits per heavy atom. The van der Waals surface area contributed by atoms with E-state index < -0.39 is 0 Å². The zero-order valence-corrected chi connectivity index (χ0v) is 11.1. The highest BCUT2D eigenvalue weighted by atomic mass is 79.9. The van der Waals surface area contributed by atoms with Crippen LogP contribution in [0.4, 0.5) is 0 Å². The number of aryl methyl sites for hydroxylation is 1. The van der Waals surface area contributed by atoms with Gasteiger partial charge in [0.2, 0.25) is 0 Å². The fourth-order valence-electron chi connectivity index (χ4n) is 2.10. The third-order valence-electron chi connectivity index (χ3n) is 3.01. The summed E-state index contributed by atoms with van der Waals surface area (Å²) in [7, 11) is 0. The smallest absolute Gasteiger partial charge is 0.160 e. The molecule has 86 valence electrons. The second-order valence-corrected chi connectivity index (χ2v) is 5.00. The predicted molar refractivity (Wildman–Crippen MR) is 70.4 cm³/mol. The van der Waals surface area contributed by atoms with Crippen LogP contribution >= 0.6 is 15.9 Å². The minimum Gasteiger partial charge on any atom is -0.307 e. The average molecular weight is 290 g/mol. The van der Waals surface area contributed by atoms with Gasteiger partial charge in [0.1, 0.15) is 0 Å². The molecule has 0 bridgehead atoms. The Bertz CT molecular complexity index is 581. The molecule has 0 radical (unpaired) electrons. The third-order valence-corrected chi connectivity index (χ3v) is 3.70. The summed E-state index contributed by atoms with van der Waals surface area (Å²) < 4.78 is 1.03. The number of benzene rings is 1. The molecule has 0 amide bonds. The Labute approximate surface area is 108 Å². The summed E-state index contributed by atoms with van der Waals surface area (Å²) in [5, 5.41) is 3.31. The first-order chi connectivity index (χ1) is 8.25. The molecule has 4 heteroatoms. The van der Waals surface area contributed by atoms with Crippen LogP contribution < -0.4 is 5.32 Å². The third kappa shape index (κ3) is 1.87. The van der Waals surface area contributed by atoms with Gasteiger partial charge in [-0.25, -0.2) is 9.97 Å². The standard InChI is InChI=1S/C13H12BrN3/c1-8-10-6-15-7-12(10)17-13(16-8)9-4-2-3-5-11(9)14/h2-5,15H,6-7H2,1H3. The lowest BCUT2D eigenvalue weighted by Gasteiger charge is -2.07. The zero-order valence-electron chi connectivity index (χ0n) is 9.50. The fourth-order valence-corrected chi connectivity index (χ4v) is 2.56. The van der Waals surface area contributed by atoms with E-state index in [4.69, 9.17) is 0 Å². The number of nitrogens with one attached hydrogen (secondary N) is 1. The average Bonchev–Trinajstić information content (AvgIpc) is 2.78. The van der Waals surface area contributed by atoms with Crippen LogP contribution in [0.5, 0.6) is 0 Å². The number of fused-ring (bicyclic) bond motifs is 1. The SMILES string of the molecule is Cc1nc(-c2ccccc2Br)nc2c1CNC2. The van der Waals surface area contributed by atoms with Crippen molar-refractivity contribution in [1.82, 2.24) is 15.3 Å². The summed E-state index contributed by atoms with van der Waals surface area (Å²) in [6, 6.07) is 8.05. The van der Waals surface area contributed by atoms with Gasteiger partial charge >= 0.3 is 0 Å². The largest absolute Gasteiger partial charge is 0.307 e.